The SMILES string of the molecule is Brc1ccc(N2[C@@H](c3ccccc3)c3c(ccc4ccccc34)O[C@@H]2c2ccccc2)cc1. The largest absolute Gasteiger partial charge is 0.466 e. The highest BCUT2D eigenvalue weighted by Gasteiger charge is 2.38. The Balaban J connectivity index is 1.66. The van der Waals surface area contributed by atoms with Crippen LogP contribution in [0.3, 0.4) is 0 Å². The van der Waals surface area contributed by atoms with Gasteiger partial charge in [-0.05, 0) is 46.7 Å². The molecular formula is C30H22BrNO. The summed E-state index contributed by atoms with van der Waals surface area (Å²) in [6, 6.07) is 42.6. The molecule has 160 valence electrons. The van der Waals surface area contributed by atoms with Crippen LogP contribution >= 0.6 is 15.9 Å². The molecule has 2 nitrogen and oxygen atoms in total. The highest BCUT2D eigenvalue weighted by atomic mass is 79.9. The highest BCUT2D eigenvalue weighted by molar-refractivity contribution is 9.10. The predicted molar refractivity (Wildman–Crippen MR) is 139 cm³/mol. The number of ether oxygens (including phenoxy) is 1. The molecule has 0 radical (unpaired) electrons. The van der Waals surface area contributed by atoms with Crippen LogP contribution in [0.25, 0.3) is 10.8 Å². The molecule has 0 N–H and O–H groups in total. The number of benzene rings is 5. The molecule has 0 aliphatic carbocycles. The summed E-state index contributed by atoms with van der Waals surface area (Å²) in [6.45, 7) is 0. The van der Waals surface area contributed by atoms with Crippen LogP contribution in [0.2, 0.25) is 0 Å². The molecule has 0 spiro atoms. The Morgan fingerprint density at radius 1 is 0.606 bits per heavy atom. The second kappa shape index (κ2) is 8.42. The molecule has 0 saturated heterocycles. The first kappa shape index (κ1) is 20.1. The average Bonchev–Trinajstić information content (AvgIpc) is 2.89. The Morgan fingerprint density at radius 3 is 1.97 bits per heavy atom. The van der Waals surface area contributed by atoms with E-state index in [4.69, 9.17) is 4.74 Å². The van der Waals surface area contributed by atoms with Crippen LogP contribution in [0.15, 0.2) is 126 Å². The molecule has 1 aliphatic rings. The first-order valence-corrected chi connectivity index (χ1v) is 11.9. The van der Waals surface area contributed by atoms with Gasteiger partial charge < -0.3 is 9.64 Å². The number of fused-ring (bicyclic) bond motifs is 3. The summed E-state index contributed by atoms with van der Waals surface area (Å²) >= 11 is 3.60. The van der Waals surface area contributed by atoms with E-state index < -0.39 is 0 Å². The average molecular weight is 492 g/mol. The van der Waals surface area contributed by atoms with Crippen molar-refractivity contribution in [2.75, 3.05) is 4.90 Å². The third-order valence-electron chi connectivity index (χ3n) is 6.30. The molecule has 2 atom stereocenters. The first-order valence-electron chi connectivity index (χ1n) is 11.1. The smallest absolute Gasteiger partial charge is 0.199 e. The minimum Gasteiger partial charge on any atom is -0.466 e. The predicted octanol–water partition coefficient (Wildman–Crippen LogP) is 8.29. The quantitative estimate of drug-likeness (QED) is 0.251. The molecule has 5 aromatic carbocycles. The first-order chi connectivity index (χ1) is 16.3. The van der Waals surface area contributed by atoms with Gasteiger partial charge in [0.15, 0.2) is 6.23 Å². The monoisotopic (exact) mass is 491 g/mol. The maximum atomic E-state index is 6.79. The fourth-order valence-corrected chi connectivity index (χ4v) is 5.08. The molecule has 0 unspecified atom stereocenters. The van der Waals surface area contributed by atoms with Gasteiger partial charge in [0.25, 0.3) is 0 Å². The second-order valence-corrected chi connectivity index (χ2v) is 9.19. The second-order valence-electron chi connectivity index (χ2n) is 8.28. The summed E-state index contributed by atoms with van der Waals surface area (Å²) in [6.07, 6.45) is -0.258. The van der Waals surface area contributed by atoms with Crippen LogP contribution in [0, 0.1) is 0 Å². The van der Waals surface area contributed by atoms with E-state index in [0.29, 0.717) is 0 Å². The van der Waals surface area contributed by atoms with E-state index in [2.05, 4.69) is 136 Å². The van der Waals surface area contributed by atoms with E-state index in [1.807, 2.05) is 6.07 Å². The van der Waals surface area contributed by atoms with Crippen LogP contribution in [0.1, 0.15) is 29.0 Å². The van der Waals surface area contributed by atoms with Crippen molar-refractivity contribution in [2.24, 2.45) is 0 Å². The number of nitrogens with zero attached hydrogens (tertiary/aromatic N) is 1. The fraction of sp³-hybridized carbons (Fsp3) is 0.0667. The molecule has 0 saturated carbocycles. The lowest BCUT2D eigenvalue weighted by molar-refractivity contribution is 0.170. The van der Waals surface area contributed by atoms with Crippen molar-refractivity contribution in [1.29, 1.82) is 0 Å². The van der Waals surface area contributed by atoms with Gasteiger partial charge in [-0.25, -0.2) is 0 Å². The maximum absolute atomic E-state index is 6.79. The van der Waals surface area contributed by atoms with Crippen molar-refractivity contribution in [2.45, 2.75) is 12.3 Å². The molecule has 0 bridgehead atoms. The van der Waals surface area contributed by atoms with Gasteiger partial charge in [0, 0.05) is 21.3 Å². The molecule has 3 heteroatoms. The van der Waals surface area contributed by atoms with Gasteiger partial charge in [0.1, 0.15) is 5.75 Å². The molecule has 5 aromatic rings. The normalized spacial score (nSPS) is 17.4. The summed E-state index contributed by atoms with van der Waals surface area (Å²) in [5.41, 5.74) is 4.68. The Bertz CT molecular complexity index is 1400. The molecule has 33 heavy (non-hydrogen) atoms. The van der Waals surface area contributed by atoms with Crippen molar-refractivity contribution in [3.8, 4) is 5.75 Å². The lowest BCUT2D eigenvalue weighted by Gasteiger charge is -2.45. The van der Waals surface area contributed by atoms with Crippen molar-refractivity contribution in [1.82, 2.24) is 0 Å². The Morgan fingerprint density at radius 2 is 1.24 bits per heavy atom. The van der Waals surface area contributed by atoms with Gasteiger partial charge in [-0.15, -0.1) is 0 Å². The van der Waals surface area contributed by atoms with Gasteiger partial charge in [-0.1, -0.05) is 107 Å². The maximum Gasteiger partial charge on any atom is 0.199 e. The van der Waals surface area contributed by atoms with Gasteiger partial charge >= 0.3 is 0 Å². The van der Waals surface area contributed by atoms with Gasteiger partial charge in [-0.2, -0.15) is 0 Å². The number of hydrogen-bond donors (Lipinski definition) is 0. The van der Waals surface area contributed by atoms with E-state index in [1.54, 1.807) is 0 Å². The lowest BCUT2D eigenvalue weighted by Crippen LogP contribution is -2.40. The Kier molecular flexibility index (Phi) is 5.12. The topological polar surface area (TPSA) is 12.5 Å². The standard InChI is InChI=1S/C30H22BrNO/c31-24-16-18-25(19-17-24)32-29(22-10-3-1-4-11-22)28-26-14-8-7-9-21(26)15-20-27(28)33-30(32)23-12-5-2-6-13-23/h1-20,29-30H/t29-,30+/m0/s1. The number of rotatable bonds is 3. The summed E-state index contributed by atoms with van der Waals surface area (Å²) in [4.78, 5) is 2.41. The van der Waals surface area contributed by atoms with Crippen LogP contribution in [0.5, 0.6) is 5.75 Å². The molecule has 0 aromatic heterocycles. The number of halogens is 1. The molecule has 1 heterocycles. The third-order valence-corrected chi connectivity index (χ3v) is 6.83. The van der Waals surface area contributed by atoms with Crippen molar-refractivity contribution in [3.63, 3.8) is 0 Å². The molecule has 6 rings (SSSR count). The van der Waals surface area contributed by atoms with Crippen LogP contribution in [-0.4, -0.2) is 0 Å². The van der Waals surface area contributed by atoms with E-state index in [-0.39, 0.29) is 12.3 Å². The Labute approximate surface area is 202 Å². The number of hydrogen-bond acceptors (Lipinski definition) is 2. The van der Waals surface area contributed by atoms with Crippen molar-refractivity contribution < 1.29 is 4.74 Å². The third kappa shape index (κ3) is 3.59. The van der Waals surface area contributed by atoms with Crippen LogP contribution in [-0.2, 0) is 0 Å². The summed E-state index contributed by atoms with van der Waals surface area (Å²) in [7, 11) is 0. The van der Waals surface area contributed by atoms with Gasteiger partial charge in [-0.3, -0.25) is 0 Å². The van der Waals surface area contributed by atoms with Crippen LogP contribution < -0.4 is 9.64 Å². The summed E-state index contributed by atoms with van der Waals surface area (Å²) < 4.78 is 7.85. The summed E-state index contributed by atoms with van der Waals surface area (Å²) in [5.74, 6) is 0.935. The van der Waals surface area contributed by atoms with Gasteiger partial charge in [0.2, 0.25) is 0 Å². The zero-order chi connectivity index (χ0) is 22.2. The molecule has 1 aliphatic heterocycles. The van der Waals surface area contributed by atoms with E-state index >= 15 is 0 Å². The number of anilines is 1. The zero-order valence-corrected chi connectivity index (χ0v) is 19.5. The van der Waals surface area contributed by atoms with Crippen molar-refractivity contribution >= 4 is 32.4 Å². The fourth-order valence-electron chi connectivity index (χ4n) is 4.82. The Hall–Kier alpha value is -3.56. The lowest BCUT2D eigenvalue weighted by atomic mass is 9.89. The van der Waals surface area contributed by atoms with Gasteiger partial charge in [0.05, 0.1) is 6.04 Å². The highest BCUT2D eigenvalue weighted by Crippen LogP contribution is 2.50. The zero-order valence-electron chi connectivity index (χ0n) is 17.9. The molecule has 0 fully saturated rings. The summed E-state index contributed by atoms with van der Waals surface area (Å²) in [5, 5.41) is 2.44. The minimum absolute atomic E-state index is 0.00701. The molecular weight excluding hydrogens is 470 g/mol. The minimum atomic E-state index is -0.258. The van der Waals surface area contributed by atoms with Crippen LogP contribution in [0.4, 0.5) is 5.69 Å². The van der Waals surface area contributed by atoms with E-state index in [9.17, 15) is 0 Å². The van der Waals surface area contributed by atoms with E-state index in [0.717, 1.165) is 21.5 Å². The van der Waals surface area contributed by atoms with Crippen molar-refractivity contribution in [3.05, 3.63) is 142 Å². The molecule has 0 amide bonds. The van der Waals surface area contributed by atoms with E-state index in [1.165, 1.54) is 21.9 Å².